The van der Waals surface area contributed by atoms with Crippen LogP contribution in [-0.2, 0) is 28.6 Å². The molecule has 1 aliphatic heterocycles. The van der Waals surface area contributed by atoms with Crippen LogP contribution in [0.25, 0.3) is 11.0 Å². The van der Waals surface area contributed by atoms with E-state index in [-0.39, 0.29) is 17.6 Å². The van der Waals surface area contributed by atoms with Gasteiger partial charge in [-0.3, -0.25) is 4.79 Å². The molecule has 6 aromatic rings. The van der Waals surface area contributed by atoms with Crippen molar-refractivity contribution in [1.29, 1.82) is 0 Å². The molecule has 0 saturated carbocycles. The van der Waals surface area contributed by atoms with Gasteiger partial charge in [0.15, 0.2) is 20.6 Å². The molecule has 2 aromatic heterocycles. The normalized spacial score (nSPS) is 18.6. The average Bonchev–Trinajstić information content (AvgIpc) is 3.82. The van der Waals surface area contributed by atoms with Crippen LogP contribution >= 0.6 is 8.25 Å². The molecule has 0 spiro atoms. The van der Waals surface area contributed by atoms with Gasteiger partial charge in [-0.15, -0.1) is 9.42 Å². The first-order valence-corrected chi connectivity index (χ1v) is 23.6. The summed E-state index contributed by atoms with van der Waals surface area (Å²) in [4.78, 5) is 32.7. The zero-order valence-corrected chi connectivity index (χ0v) is 36.5. The van der Waals surface area contributed by atoms with Gasteiger partial charge in [0, 0.05) is 16.3 Å². The minimum absolute atomic E-state index is 0.110. The summed E-state index contributed by atoms with van der Waals surface area (Å²) < 4.78 is 52.8. The van der Waals surface area contributed by atoms with Crippen molar-refractivity contribution >= 4 is 39.3 Å². The van der Waals surface area contributed by atoms with Gasteiger partial charge in [-0.1, -0.05) is 93.6 Å². The summed E-state index contributed by atoms with van der Waals surface area (Å²) >= 11 is 0. The molecule has 4 aromatic carbocycles. The van der Waals surface area contributed by atoms with E-state index < -0.39 is 46.7 Å². The van der Waals surface area contributed by atoms with Crippen LogP contribution in [0.2, 0.25) is 18.1 Å². The van der Waals surface area contributed by atoms with Gasteiger partial charge in [-0.2, -0.15) is 0 Å². The first-order chi connectivity index (χ1) is 28.8. The average molecular weight is 850 g/mol. The van der Waals surface area contributed by atoms with E-state index in [1.54, 1.807) is 55.3 Å². The fourth-order valence-electron chi connectivity index (χ4n) is 7.27. The summed E-state index contributed by atoms with van der Waals surface area (Å²) in [5.41, 5.74) is 2.13. The molecule has 0 aliphatic carbocycles. The molecule has 1 unspecified atom stereocenters. The quantitative estimate of drug-likeness (QED) is 0.0579. The predicted octanol–water partition coefficient (Wildman–Crippen LogP) is 9.03. The standard InChI is InChI=1S/C45H49N4O9PSi/c1-44(2,3)60(6,7)58-39-38(57-59(51)52)37(56-43(39)49-27-26-36-40(46-29-47-41(36)49)48-42(50)30-14-10-8-11-15-30)28-55-45(31-16-12-9-13-17-31,32-18-22-34(53-4)23-19-32)33-20-24-35(54-5)25-21-33/h8-27,29,37-39,43H,28H2,1-7H3,(H-,46,47,48,50,51,52)/p+1/t37-,38-,39-,43-/m1/s1. The Kier molecular flexibility index (Phi) is 12.6. The highest BCUT2D eigenvalue weighted by molar-refractivity contribution is 7.32. The number of ether oxygens (including phenoxy) is 4. The Hall–Kier alpha value is -5.31. The van der Waals surface area contributed by atoms with Crippen molar-refractivity contribution < 1.29 is 42.2 Å². The molecule has 13 nitrogen and oxygen atoms in total. The Bertz CT molecular complexity index is 2360. The predicted molar refractivity (Wildman–Crippen MR) is 231 cm³/mol. The SMILES string of the molecule is COc1ccc(C(OC[C@H]2O[C@@H](n3ccc4c(NC(=O)c5ccccc5)ncnc43)[C@H](O[Si](C)(C)C(C)(C)C)[C@@H]2O[P+](=O)O)(c2ccccc2)c2ccc(OC)cc2)cc1. The summed E-state index contributed by atoms with van der Waals surface area (Å²) in [6.07, 6.45) is -0.666. The highest BCUT2D eigenvalue weighted by atomic mass is 31.1. The van der Waals surface area contributed by atoms with Crippen molar-refractivity contribution in [3.63, 3.8) is 0 Å². The third kappa shape index (κ3) is 8.63. The van der Waals surface area contributed by atoms with Crippen LogP contribution in [0.1, 0.15) is 54.0 Å². The Labute approximate surface area is 351 Å². The number of rotatable bonds is 15. The second kappa shape index (κ2) is 17.7. The first kappa shape index (κ1) is 42.8. The summed E-state index contributed by atoms with van der Waals surface area (Å²) in [5, 5.41) is 3.22. The maximum Gasteiger partial charge on any atom is 0.695 e. The molecule has 0 radical (unpaired) electrons. The minimum Gasteiger partial charge on any atom is -0.497 e. The maximum absolute atomic E-state index is 13.2. The van der Waals surface area contributed by atoms with Crippen LogP contribution < -0.4 is 14.8 Å². The maximum atomic E-state index is 13.2. The monoisotopic (exact) mass is 849 g/mol. The third-order valence-corrected chi connectivity index (χ3v) is 16.3. The highest BCUT2D eigenvalue weighted by Gasteiger charge is 2.56. The Balaban J connectivity index is 1.33. The van der Waals surface area contributed by atoms with Crippen molar-refractivity contribution in [2.75, 3.05) is 26.1 Å². The van der Waals surface area contributed by atoms with Gasteiger partial charge in [-0.25, -0.2) is 9.97 Å². The zero-order chi connectivity index (χ0) is 42.7. The topological polar surface area (TPSA) is 152 Å². The van der Waals surface area contributed by atoms with Crippen molar-refractivity contribution in [3.8, 4) is 11.5 Å². The van der Waals surface area contributed by atoms with Gasteiger partial charge in [0.2, 0.25) is 0 Å². The number of carbonyl (C=O) groups is 1. The zero-order valence-electron chi connectivity index (χ0n) is 34.6. The summed E-state index contributed by atoms with van der Waals surface area (Å²) in [5.74, 6) is 1.33. The molecule has 15 heteroatoms. The fraction of sp³-hybridized carbons (Fsp3) is 0.311. The van der Waals surface area contributed by atoms with Crippen LogP contribution in [0.15, 0.2) is 128 Å². The molecular weight excluding hydrogens is 800 g/mol. The number of hydrogen-bond acceptors (Lipinski definition) is 10. The number of methoxy groups -OCH3 is 2. The number of anilines is 1. The van der Waals surface area contributed by atoms with E-state index in [0.717, 1.165) is 16.7 Å². The first-order valence-electron chi connectivity index (χ1n) is 19.6. The van der Waals surface area contributed by atoms with Crippen LogP contribution in [0, 0.1) is 0 Å². The van der Waals surface area contributed by atoms with Crippen LogP contribution in [0.3, 0.4) is 0 Å². The van der Waals surface area contributed by atoms with Crippen molar-refractivity contribution in [2.24, 2.45) is 0 Å². The molecule has 1 aliphatic rings. The Morgan fingerprint density at radius 3 is 1.93 bits per heavy atom. The minimum atomic E-state index is -3.12. The second-order valence-corrected chi connectivity index (χ2v) is 21.5. The fourth-order valence-corrected chi connectivity index (χ4v) is 9.02. The van der Waals surface area contributed by atoms with Gasteiger partial charge in [0.05, 0.1) is 26.2 Å². The van der Waals surface area contributed by atoms with Crippen LogP contribution in [0.5, 0.6) is 11.5 Å². The number of hydrogen-bond donors (Lipinski definition) is 2. The Morgan fingerprint density at radius 1 is 0.817 bits per heavy atom. The van der Waals surface area contributed by atoms with E-state index in [2.05, 4.69) is 49.1 Å². The van der Waals surface area contributed by atoms with E-state index >= 15 is 0 Å². The van der Waals surface area contributed by atoms with Crippen molar-refractivity contribution in [1.82, 2.24) is 14.5 Å². The smallest absolute Gasteiger partial charge is 0.497 e. The number of benzene rings is 4. The lowest BCUT2D eigenvalue weighted by molar-refractivity contribution is -0.0919. The van der Waals surface area contributed by atoms with Crippen LogP contribution in [-0.4, -0.2) is 72.8 Å². The lowest BCUT2D eigenvalue weighted by Gasteiger charge is -2.40. The molecule has 5 atom stereocenters. The van der Waals surface area contributed by atoms with E-state index in [1.165, 1.54) is 6.33 Å². The number of aromatic nitrogens is 3. The van der Waals surface area contributed by atoms with E-state index in [0.29, 0.717) is 33.9 Å². The van der Waals surface area contributed by atoms with Crippen molar-refractivity contribution in [2.45, 2.75) is 69.0 Å². The van der Waals surface area contributed by atoms with E-state index in [4.69, 9.17) is 27.9 Å². The lowest BCUT2D eigenvalue weighted by atomic mass is 9.80. The lowest BCUT2D eigenvalue weighted by Crippen LogP contribution is -2.49. The molecule has 1 fully saturated rings. The molecule has 60 heavy (non-hydrogen) atoms. The molecule has 7 rings (SSSR count). The van der Waals surface area contributed by atoms with E-state index in [1.807, 2.05) is 84.9 Å². The molecule has 0 bridgehead atoms. The van der Waals surface area contributed by atoms with Gasteiger partial charge >= 0.3 is 8.25 Å². The molecule has 312 valence electrons. The van der Waals surface area contributed by atoms with Crippen molar-refractivity contribution in [3.05, 3.63) is 150 Å². The van der Waals surface area contributed by atoms with Gasteiger partial charge in [0.1, 0.15) is 47.1 Å². The van der Waals surface area contributed by atoms with Crippen LogP contribution in [0.4, 0.5) is 5.82 Å². The number of carbonyl (C=O) groups excluding carboxylic acids is 1. The second-order valence-electron chi connectivity index (χ2n) is 16.0. The van der Waals surface area contributed by atoms with Gasteiger partial charge in [0.25, 0.3) is 5.91 Å². The number of nitrogens with one attached hydrogen (secondary N) is 1. The summed E-state index contributed by atoms with van der Waals surface area (Å²) in [6, 6.07) is 35.8. The Morgan fingerprint density at radius 2 is 1.38 bits per heavy atom. The molecule has 3 heterocycles. The molecule has 1 saturated heterocycles. The largest absolute Gasteiger partial charge is 0.695 e. The van der Waals surface area contributed by atoms with Gasteiger partial charge in [-0.05, 0) is 77.3 Å². The molecular formula is C45H50N4O9PSi+. The van der Waals surface area contributed by atoms with Gasteiger partial charge < -0.3 is 33.3 Å². The number of amides is 1. The number of fused-ring (bicyclic) bond motifs is 1. The summed E-state index contributed by atoms with van der Waals surface area (Å²) in [7, 11) is -2.52. The number of nitrogens with zero attached hydrogens (tertiary/aromatic N) is 3. The third-order valence-electron chi connectivity index (χ3n) is 11.4. The molecule has 1 amide bonds. The highest BCUT2D eigenvalue weighted by Crippen LogP contribution is 2.47. The summed E-state index contributed by atoms with van der Waals surface area (Å²) in [6.45, 7) is 10.4. The molecule has 2 N–H and O–H groups in total. The van der Waals surface area contributed by atoms with E-state index in [9.17, 15) is 14.3 Å².